The fourth-order valence-corrected chi connectivity index (χ4v) is 1.95. The highest BCUT2D eigenvalue weighted by Gasteiger charge is 2.50. The summed E-state index contributed by atoms with van der Waals surface area (Å²) in [5, 5.41) is 11.7. The maximum absolute atomic E-state index is 12.0. The van der Waals surface area contributed by atoms with Crippen molar-refractivity contribution in [1.29, 1.82) is 0 Å². The number of amides is 2. The van der Waals surface area contributed by atoms with Gasteiger partial charge in [0.25, 0.3) is 0 Å². The lowest BCUT2D eigenvalue weighted by atomic mass is 10.1. The molecule has 18 heavy (non-hydrogen) atoms. The Labute approximate surface area is 107 Å². The van der Waals surface area contributed by atoms with Gasteiger partial charge in [-0.05, 0) is 26.7 Å². The van der Waals surface area contributed by atoms with E-state index in [0.717, 1.165) is 0 Å². The van der Waals surface area contributed by atoms with Gasteiger partial charge in [0.1, 0.15) is 0 Å². The molecule has 1 aliphatic rings. The summed E-state index contributed by atoms with van der Waals surface area (Å²) in [4.78, 5) is 24.6. The smallest absolute Gasteiger partial charge is 0.317 e. The average Bonchev–Trinajstić information content (AvgIpc) is 3.08. The van der Waals surface area contributed by atoms with Crippen molar-refractivity contribution in [2.75, 3.05) is 26.8 Å². The number of hydrogen-bond acceptors (Lipinski definition) is 3. The van der Waals surface area contributed by atoms with E-state index in [1.54, 1.807) is 12.0 Å². The number of carboxylic acids is 1. The van der Waals surface area contributed by atoms with E-state index >= 15 is 0 Å². The lowest BCUT2D eigenvalue weighted by Crippen LogP contribution is -2.48. The van der Waals surface area contributed by atoms with Crippen molar-refractivity contribution in [3.05, 3.63) is 0 Å². The van der Waals surface area contributed by atoms with Crippen LogP contribution in [-0.2, 0) is 9.53 Å². The van der Waals surface area contributed by atoms with Crippen molar-refractivity contribution < 1.29 is 19.4 Å². The number of rotatable bonds is 7. The molecule has 2 amide bonds. The van der Waals surface area contributed by atoms with Gasteiger partial charge in [0.2, 0.25) is 0 Å². The van der Waals surface area contributed by atoms with E-state index in [4.69, 9.17) is 9.84 Å². The lowest BCUT2D eigenvalue weighted by molar-refractivity contribution is -0.143. The Hall–Kier alpha value is -1.30. The highest BCUT2D eigenvalue weighted by atomic mass is 16.5. The Bertz CT molecular complexity index is 315. The summed E-state index contributed by atoms with van der Waals surface area (Å²) in [6.45, 7) is 5.02. The molecule has 6 heteroatoms. The Kier molecular flexibility index (Phi) is 4.95. The number of carboxylic acid groups (broad SMARTS) is 1. The minimum Gasteiger partial charge on any atom is -0.481 e. The summed E-state index contributed by atoms with van der Waals surface area (Å²) in [6.07, 6.45) is 1.28. The Morgan fingerprint density at radius 2 is 2.11 bits per heavy atom. The fraction of sp³-hybridized carbons (Fsp3) is 0.833. The third kappa shape index (κ3) is 3.35. The molecule has 0 radical (unpaired) electrons. The van der Waals surface area contributed by atoms with E-state index in [1.807, 2.05) is 13.8 Å². The van der Waals surface area contributed by atoms with Gasteiger partial charge in [-0.2, -0.15) is 0 Å². The van der Waals surface area contributed by atoms with Crippen LogP contribution < -0.4 is 5.32 Å². The van der Waals surface area contributed by atoms with Crippen molar-refractivity contribution in [2.45, 2.75) is 32.7 Å². The second-order valence-corrected chi connectivity index (χ2v) is 4.83. The second kappa shape index (κ2) is 6.04. The van der Waals surface area contributed by atoms with Crippen molar-refractivity contribution >= 4 is 12.0 Å². The molecule has 0 aromatic heterocycles. The first-order valence-corrected chi connectivity index (χ1v) is 6.23. The number of nitrogens with zero attached hydrogens (tertiary/aromatic N) is 1. The minimum atomic E-state index is -0.823. The van der Waals surface area contributed by atoms with Crippen LogP contribution >= 0.6 is 0 Å². The van der Waals surface area contributed by atoms with Crippen molar-refractivity contribution in [3.8, 4) is 0 Å². The zero-order valence-electron chi connectivity index (χ0n) is 11.2. The van der Waals surface area contributed by atoms with E-state index in [-0.39, 0.29) is 18.6 Å². The molecule has 0 aliphatic heterocycles. The number of carbonyl (C=O) groups excluding carboxylic acids is 1. The van der Waals surface area contributed by atoms with Crippen molar-refractivity contribution in [3.63, 3.8) is 0 Å². The molecule has 1 rings (SSSR count). The van der Waals surface area contributed by atoms with Gasteiger partial charge in [0.05, 0.1) is 18.1 Å². The predicted molar refractivity (Wildman–Crippen MR) is 66.4 cm³/mol. The first-order valence-electron chi connectivity index (χ1n) is 6.23. The maximum atomic E-state index is 12.0. The van der Waals surface area contributed by atoms with Crippen LogP contribution in [0.4, 0.5) is 4.79 Å². The molecule has 2 N–H and O–H groups in total. The number of aliphatic carboxylic acids is 1. The second-order valence-electron chi connectivity index (χ2n) is 4.83. The van der Waals surface area contributed by atoms with Crippen LogP contribution in [0, 0.1) is 5.41 Å². The molecule has 1 unspecified atom stereocenters. The van der Waals surface area contributed by atoms with Gasteiger partial charge in [-0.15, -0.1) is 0 Å². The van der Waals surface area contributed by atoms with E-state index in [1.165, 1.54) is 0 Å². The van der Waals surface area contributed by atoms with Gasteiger partial charge < -0.3 is 20.1 Å². The van der Waals surface area contributed by atoms with E-state index in [9.17, 15) is 9.59 Å². The summed E-state index contributed by atoms with van der Waals surface area (Å²) in [6, 6.07) is -0.255. The number of urea groups is 1. The zero-order chi connectivity index (χ0) is 13.8. The summed E-state index contributed by atoms with van der Waals surface area (Å²) >= 11 is 0. The Morgan fingerprint density at radius 3 is 2.50 bits per heavy atom. The van der Waals surface area contributed by atoms with Gasteiger partial charge >= 0.3 is 12.0 Å². The molecule has 1 aliphatic carbocycles. The van der Waals surface area contributed by atoms with Gasteiger partial charge in [-0.3, -0.25) is 4.79 Å². The number of nitrogens with one attached hydrogen (secondary N) is 1. The van der Waals surface area contributed by atoms with Crippen LogP contribution in [0.1, 0.15) is 26.7 Å². The summed E-state index contributed by atoms with van der Waals surface area (Å²) < 4.78 is 5.02. The van der Waals surface area contributed by atoms with Crippen LogP contribution in [0.2, 0.25) is 0 Å². The van der Waals surface area contributed by atoms with E-state index in [2.05, 4.69) is 5.32 Å². The summed E-state index contributed by atoms with van der Waals surface area (Å²) in [5.41, 5.74) is -0.723. The van der Waals surface area contributed by atoms with Crippen molar-refractivity contribution in [2.24, 2.45) is 5.41 Å². The molecule has 0 bridgehead atoms. The molecule has 0 spiro atoms. The molecule has 1 saturated carbocycles. The minimum absolute atomic E-state index is 0.0278. The standard InChI is InChI=1S/C12H22N2O4/c1-4-14(9(2)7-18-3)11(17)13-8-12(5-6-12)10(15)16/h9H,4-8H2,1-3H3,(H,13,17)(H,15,16). The molecule has 6 nitrogen and oxygen atoms in total. The topological polar surface area (TPSA) is 78.9 Å². The van der Waals surface area contributed by atoms with Crippen LogP contribution in [0.25, 0.3) is 0 Å². The maximum Gasteiger partial charge on any atom is 0.317 e. The largest absolute Gasteiger partial charge is 0.481 e. The highest BCUT2D eigenvalue weighted by molar-refractivity contribution is 5.80. The molecule has 104 valence electrons. The van der Waals surface area contributed by atoms with Crippen LogP contribution in [0.15, 0.2) is 0 Å². The van der Waals surface area contributed by atoms with Gasteiger partial charge in [0, 0.05) is 20.2 Å². The molecule has 0 aromatic rings. The summed E-state index contributed by atoms with van der Waals surface area (Å²) in [7, 11) is 1.59. The third-order valence-corrected chi connectivity index (χ3v) is 3.43. The summed E-state index contributed by atoms with van der Waals surface area (Å²) in [5.74, 6) is -0.823. The van der Waals surface area contributed by atoms with Crippen molar-refractivity contribution in [1.82, 2.24) is 10.2 Å². The molecule has 1 atom stereocenters. The molecule has 0 aromatic carbocycles. The average molecular weight is 258 g/mol. The van der Waals surface area contributed by atoms with E-state index < -0.39 is 11.4 Å². The van der Waals surface area contributed by atoms with Gasteiger partial charge in [0.15, 0.2) is 0 Å². The monoisotopic (exact) mass is 258 g/mol. The SMILES string of the molecule is CCN(C(=O)NCC1(C(=O)O)CC1)C(C)COC. The fourth-order valence-electron chi connectivity index (χ4n) is 1.95. The number of methoxy groups -OCH3 is 1. The Morgan fingerprint density at radius 1 is 1.50 bits per heavy atom. The molecule has 1 fully saturated rings. The predicted octanol–water partition coefficient (Wildman–Crippen LogP) is 0.918. The first kappa shape index (κ1) is 14.8. The number of ether oxygens (including phenoxy) is 1. The number of hydrogen-bond donors (Lipinski definition) is 2. The van der Waals surface area contributed by atoms with Gasteiger partial charge in [-0.25, -0.2) is 4.79 Å². The van der Waals surface area contributed by atoms with Crippen LogP contribution in [0.5, 0.6) is 0 Å². The van der Waals surface area contributed by atoms with Crippen LogP contribution in [-0.4, -0.2) is 54.9 Å². The molecular weight excluding hydrogens is 236 g/mol. The Balaban J connectivity index is 2.45. The number of likely N-dealkylation sites (N-methyl/N-ethyl adjacent to an activating group) is 1. The quantitative estimate of drug-likeness (QED) is 0.711. The van der Waals surface area contributed by atoms with E-state index in [0.29, 0.717) is 26.0 Å². The van der Waals surface area contributed by atoms with Gasteiger partial charge in [-0.1, -0.05) is 0 Å². The molecule has 0 heterocycles. The zero-order valence-corrected chi connectivity index (χ0v) is 11.2. The lowest BCUT2D eigenvalue weighted by Gasteiger charge is -2.28. The molecular formula is C12H22N2O4. The highest BCUT2D eigenvalue weighted by Crippen LogP contribution is 2.45. The normalized spacial score (nSPS) is 17.9. The first-order chi connectivity index (χ1) is 8.46. The third-order valence-electron chi connectivity index (χ3n) is 3.43. The number of carbonyl (C=O) groups is 2. The van der Waals surface area contributed by atoms with Crippen LogP contribution in [0.3, 0.4) is 0 Å². The molecule has 0 saturated heterocycles.